The van der Waals surface area contributed by atoms with Crippen molar-refractivity contribution in [3.63, 3.8) is 0 Å². The van der Waals surface area contributed by atoms with Crippen LogP contribution < -0.4 is 16.3 Å². The molecule has 35 heavy (non-hydrogen) atoms. The molecule has 9 nitrogen and oxygen atoms in total. The van der Waals surface area contributed by atoms with E-state index in [4.69, 9.17) is 11.6 Å². The maximum Gasteiger partial charge on any atom is 0.281 e. The molecule has 12 heteroatoms. The van der Waals surface area contributed by atoms with Gasteiger partial charge in [0.2, 0.25) is 0 Å². The van der Waals surface area contributed by atoms with Crippen LogP contribution in [0.15, 0.2) is 59.9 Å². The highest BCUT2D eigenvalue weighted by molar-refractivity contribution is 6.35. The highest BCUT2D eigenvalue weighted by Crippen LogP contribution is 2.20. The maximum absolute atomic E-state index is 13.3. The van der Waals surface area contributed by atoms with E-state index >= 15 is 0 Å². The number of hydrogen-bond donors (Lipinski definition) is 3. The number of imidazole rings is 1. The minimum Gasteiger partial charge on any atom is -0.361 e. The van der Waals surface area contributed by atoms with E-state index in [2.05, 4.69) is 35.7 Å². The van der Waals surface area contributed by atoms with Gasteiger partial charge in [0, 0.05) is 0 Å². The number of fused-ring (bicyclic) bond motifs is 2. The number of benzene rings is 2. The number of nitrogens with one attached hydrogen (secondary N) is 3. The van der Waals surface area contributed by atoms with Crippen molar-refractivity contribution >= 4 is 45.2 Å². The molecule has 0 saturated carbocycles. The van der Waals surface area contributed by atoms with E-state index < -0.39 is 0 Å². The third-order valence-corrected chi connectivity index (χ3v) is 4.95. The molecule has 0 aliphatic carbocycles. The first-order valence-electron chi connectivity index (χ1n) is 10.6. The number of aromatic nitrogens is 6. The van der Waals surface area contributed by atoms with Crippen LogP contribution in [0.5, 0.6) is 0 Å². The largest absolute Gasteiger partial charge is 0.361 e. The van der Waals surface area contributed by atoms with Crippen molar-refractivity contribution < 1.29 is 8.78 Å². The van der Waals surface area contributed by atoms with E-state index in [9.17, 15) is 13.6 Å². The summed E-state index contributed by atoms with van der Waals surface area (Å²) in [6.45, 7) is 4.15. The van der Waals surface area contributed by atoms with Gasteiger partial charge in [-0.15, -0.1) is 0 Å². The molecule has 0 unspecified atom stereocenters. The lowest BCUT2D eigenvalue weighted by molar-refractivity contribution is 0.628. The molecule has 3 N–H and O–H groups in total. The van der Waals surface area contributed by atoms with Gasteiger partial charge in [0.15, 0.2) is 17.3 Å². The van der Waals surface area contributed by atoms with Gasteiger partial charge in [-0.25, -0.2) is 29.0 Å². The van der Waals surface area contributed by atoms with Crippen LogP contribution in [0.2, 0.25) is 5.02 Å². The molecule has 0 bridgehead atoms. The quantitative estimate of drug-likeness (QED) is 0.313. The topological polar surface area (TPSA) is 113 Å². The Labute approximate surface area is 204 Å². The van der Waals surface area contributed by atoms with Gasteiger partial charge in [0.25, 0.3) is 5.56 Å². The maximum atomic E-state index is 13.3. The van der Waals surface area contributed by atoms with Crippen molar-refractivity contribution in [3.05, 3.63) is 82.1 Å². The molecule has 2 aromatic carbocycles. The van der Waals surface area contributed by atoms with E-state index in [1.807, 2.05) is 13.8 Å². The predicted molar refractivity (Wildman–Crippen MR) is 134 cm³/mol. The number of halogens is 3. The molecule has 0 amide bonds. The number of aromatic amines is 1. The van der Waals surface area contributed by atoms with Gasteiger partial charge < -0.3 is 10.3 Å². The second kappa shape index (κ2) is 11.8. The highest BCUT2D eigenvalue weighted by Gasteiger charge is 2.15. The van der Waals surface area contributed by atoms with Crippen molar-refractivity contribution in [1.82, 2.24) is 29.6 Å². The summed E-state index contributed by atoms with van der Waals surface area (Å²) in [6, 6.07) is 10.7. The lowest BCUT2D eigenvalue weighted by Crippen LogP contribution is -2.32. The van der Waals surface area contributed by atoms with Crippen molar-refractivity contribution in [2.24, 2.45) is 0 Å². The average molecular weight is 501 g/mol. The summed E-state index contributed by atoms with van der Waals surface area (Å²) in [5.41, 5.74) is 4.71. The van der Waals surface area contributed by atoms with E-state index in [-0.39, 0.29) is 23.3 Å². The molecule has 5 aromatic rings. The summed E-state index contributed by atoms with van der Waals surface area (Å²) in [5.74, 6) is 0.499. The van der Waals surface area contributed by atoms with E-state index in [1.165, 1.54) is 41.6 Å². The molecule has 0 spiro atoms. The Balaban J connectivity index is 0.000000815. The highest BCUT2D eigenvalue weighted by atomic mass is 35.5. The Kier molecular flexibility index (Phi) is 8.63. The molecule has 0 aliphatic rings. The third kappa shape index (κ3) is 5.52. The summed E-state index contributed by atoms with van der Waals surface area (Å²) >= 11 is 6.26. The predicted octanol–water partition coefficient (Wildman–Crippen LogP) is 4.95. The van der Waals surface area contributed by atoms with Gasteiger partial charge in [-0.1, -0.05) is 31.5 Å². The molecule has 0 atom stereocenters. The minimum atomic E-state index is -0.383. The van der Waals surface area contributed by atoms with Crippen LogP contribution >= 0.6 is 11.6 Å². The van der Waals surface area contributed by atoms with Gasteiger partial charge in [-0.2, -0.15) is 0 Å². The number of alkyl halides is 1. The van der Waals surface area contributed by atoms with Crippen molar-refractivity contribution in [2.45, 2.75) is 20.4 Å². The smallest absolute Gasteiger partial charge is 0.281 e. The van der Waals surface area contributed by atoms with E-state index in [0.29, 0.717) is 46.2 Å². The summed E-state index contributed by atoms with van der Waals surface area (Å²) in [4.78, 5) is 33.2. The summed E-state index contributed by atoms with van der Waals surface area (Å²) in [5, 5.41) is 3.72. The molecule has 0 fully saturated rings. The van der Waals surface area contributed by atoms with Crippen LogP contribution in [-0.4, -0.2) is 36.8 Å². The van der Waals surface area contributed by atoms with Crippen molar-refractivity contribution in [1.29, 1.82) is 0 Å². The van der Waals surface area contributed by atoms with Crippen LogP contribution in [0.3, 0.4) is 0 Å². The Bertz CT molecular complexity index is 1470. The Morgan fingerprint density at radius 1 is 1.06 bits per heavy atom. The number of anilines is 2. The molecule has 0 saturated heterocycles. The van der Waals surface area contributed by atoms with E-state index in [0.717, 1.165) is 0 Å². The standard InChI is InChI=1S/C20H14ClFN8O.C2H6.CH3F/c21-13-2-1-3-14-16(13)20(31)30(29-12-6-4-11(22)5-7-12)15(28-14)8-23-18-17-19(25-9-24-17)27-10-26-18;2*1-2/h1-7,9-10,29H,8H2,(H2,23,24,25,26,27);1-2H3;1H3. The number of nitrogens with zero attached hydrogens (tertiary/aromatic N) is 5. The molecule has 0 aliphatic heterocycles. The van der Waals surface area contributed by atoms with Crippen LogP contribution in [-0.2, 0) is 6.54 Å². The molecule has 182 valence electrons. The fraction of sp³-hybridized carbons (Fsp3) is 0.174. The Morgan fingerprint density at radius 3 is 2.54 bits per heavy atom. The second-order valence-electron chi connectivity index (χ2n) is 6.60. The van der Waals surface area contributed by atoms with Gasteiger partial charge in [0.05, 0.1) is 41.7 Å². The Morgan fingerprint density at radius 2 is 1.80 bits per heavy atom. The number of rotatable bonds is 5. The third-order valence-electron chi connectivity index (χ3n) is 4.64. The SMILES string of the molecule is CC.CF.O=c1c2c(Cl)cccc2nc(CNc2ncnc3nc[nH]c23)n1Nc1ccc(F)cc1. The number of H-pyrrole nitrogens is 1. The monoisotopic (exact) mass is 500 g/mol. The average Bonchev–Trinajstić information content (AvgIpc) is 3.38. The normalized spacial score (nSPS) is 10.2. The summed E-state index contributed by atoms with van der Waals surface area (Å²) in [7, 11) is 0.500. The van der Waals surface area contributed by atoms with Crippen molar-refractivity contribution in [2.75, 3.05) is 17.9 Å². The molecule has 3 heterocycles. The van der Waals surface area contributed by atoms with Crippen LogP contribution in [0.25, 0.3) is 22.1 Å². The Hall–Kier alpha value is -4.12. The molecule has 0 radical (unpaired) electrons. The zero-order valence-corrected chi connectivity index (χ0v) is 19.9. The molecular weight excluding hydrogens is 478 g/mol. The first kappa shape index (κ1) is 25.5. The van der Waals surface area contributed by atoms with Crippen LogP contribution in [0.1, 0.15) is 19.7 Å². The zero-order chi connectivity index (χ0) is 25.4. The first-order chi connectivity index (χ1) is 17.1. The lowest BCUT2D eigenvalue weighted by atomic mass is 10.2. The van der Waals surface area contributed by atoms with Gasteiger partial charge in [0.1, 0.15) is 17.7 Å². The summed E-state index contributed by atoms with van der Waals surface area (Å²) < 4.78 is 24.1. The summed E-state index contributed by atoms with van der Waals surface area (Å²) in [6.07, 6.45) is 2.91. The molecule has 5 rings (SSSR count). The van der Waals surface area contributed by atoms with E-state index in [1.54, 1.807) is 18.2 Å². The lowest BCUT2D eigenvalue weighted by Gasteiger charge is -2.16. The van der Waals surface area contributed by atoms with Gasteiger partial charge >= 0.3 is 0 Å². The fourth-order valence-electron chi connectivity index (χ4n) is 3.18. The number of hydrogen-bond acceptors (Lipinski definition) is 7. The van der Waals surface area contributed by atoms with Gasteiger partial charge in [-0.05, 0) is 36.4 Å². The first-order valence-corrected chi connectivity index (χ1v) is 11.0. The van der Waals surface area contributed by atoms with Crippen molar-refractivity contribution in [3.8, 4) is 0 Å². The zero-order valence-electron chi connectivity index (χ0n) is 19.2. The fourth-order valence-corrected chi connectivity index (χ4v) is 3.44. The van der Waals surface area contributed by atoms with Crippen LogP contribution in [0.4, 0.5) is 20.3 Å². The van der Waals surface area contributed by atoms with Crippen LogP contribution in [0, 0.1) is 5.82 Å². The molecular formula is C23H23ClF2N8O. The molecule has 3 aromatic heterocycles. The minimum absolute atomic E-state index is 0.150. The second-order valence-corrected chi connectivity index (χ2v) is 7.01. The van der Waals surface area contributed by atoms with Gasteiger partial charge in [-0.3, -0.25) is 14.6 Å².